The number of aryl methyl sites for hydroxylation is 1. The largest absolute Gasteiger partial charge is 0.493 e. The molecule has 0 aliphatic carbocycles. The molecule has 35 heavy (non-hydrogen) atoms. The second-order valence-corrected chi connectivity index (χ2v) is 9.92. The number of hydrogen-bond acceptors (Lipinski definition) is 4. The molecule has 2 N–H and O–H groups in total. The van der Waals surface area contributed by atoms with Crippen LogP contribution in [0.25, 0.3) is 0 Å². The normalized spacial score (nSPS) is 13.6. The van der Waals surface area contributed by atoms with E-state index in [1.807, 2.05) is 13.8 Å². The molecule has 1 unspecified atom stereocenters. The predicted octanol–water partition coefficient (Wildman–Crippen LogP) is 6.38. The molecular weight excluding hydrogens is 444 g/mol. The van der Waals surface area contributed by atoms with Crippen LogP contribution in [-0.4, -0.2) is 38.5 Å². The van der Waals surface area contributed by atoms with Crippen molar-refractivity contribution >= 4 is 5.97 Å². The number of hydrogen-bond donors (Lipinski definition) is 2. The van der Waals surface area contributed by atoms with Crippen molar-refractivity contribution in [3.63, 3.8) is 0 Å². The van der Waals surface area contributed by atoms with Crippen molar-refractivity contribution in [2.75, 3.05) is 13.2 Å². The smallest absolute Gasteiger partial charge is 0.331 e. The highest BCUT2D eigenvalue weighted by molar-refractivity contribution is 5.76. The molecule has 0 bridgehead atoms. The summed E-state index contributed by atoms with van der Waals surface area (Å²) >= 11 is 0. The van der Waals surface area contributed by atoms with Gasteiger partial charge in [-0.15, -0.1) is 6.58 Å². The van der Waals surface area contributed by atoms with Crippen molar-refractivity contribution in [2.24, 2.45) is 10.8 Å². The van der Waals surface area contributed by atoms with E-state index in [1.54, 1.807) is 6.08 Å². The number of carbonyl (C=O) groups is 1. The van der Waals surface area contributed by atoms with Gasteiger partial charge in [-0.2, -0.15) is 0 Å². The maximum Gasteiger partial charge on any atom is 0.331 e. The molecule has 1 aromatic heterocycles. The lowest BCUT2D eigenvalue weighted by molar-refractivity contribution is -0.146. The SMILES string of the molecule is C=CC(CC)(CCCCOCCCCC(CC)(CC)CCCCn1c(O)cn(CC)c1=O)C(=O)O. The maximum absolute atomic E-state index is 12.2. The quantitative estimate of drug-likeness (QED) is 0.153. The van der Waals surface area contributed by atoms with Gasteiger partial charge in [0.25, 0.3) is 0 Å². The summed E-state index contributed by atoms with van der Waals surface area (Å²) in [5.74, 6) is -0.727. The number of aromatic nitrogens is 2. The van der Waals surface area contributed by atoms with Crippen LogP contribution in [0.2, 0.25) is 0 Å². The molecule has 0 saturated carbocycles. The van der Waals surface area contributed by atoms with Crippen LogP contribution >= 0.6 is 0 Å². The van der Waals surface area contributed by atoms with Crippen molar-refractivity contribution < 1.29 is 19.7 Å². The summed E-state index contributed by atoms with van der Waals surface area (Å²) in [5, 5.41) is 19.5. The standard InChI is InChI=1S/C28H50N2O5/c1-6-27(7-2,17-11-14-20-30-24(31)23-29(10-5)26(30)34)18-12-15-21-35-22-16-13-19-28(8-3,9-4)25(32)33/h8,23,31H,3,6-7,9-22H2,1-2,4-5H3,(H,32,33). The Bertz CT molecular complexity index is 809. The zero-order valence-corrected chi connectivity index (χ0v) is 22.7. The number of ether oxygens (including phenoxy) is 1. The van der Waals surface area contributed by atoms with E-state index in [2.05, 4.69) is 20.4 Å². The fraction of sp³-hybridized carbons (Fsp3) is 0.786. The third-order valence-electron chi connectivity index (χ3n) is 8.06. The van der Waals surface area contributed by atoms with Crippen molar-refractivity contribution in [3.05, 3.63) is 29.3 Å². The molecule has 0 aromatic carbocycles. The Morgan fingerprint density at radius 2 is 1.54 bits per heavy atom. The van der Waals surface area contributed by atoms with E-state index in [9.17, 15) is 19.8 Å². The van der Waals surface area contributed by atoms with Gasteiger partial charge >= 0.3 is 11.7 Å². The molecule has 202 valence electrons. The first-order valence-electron chi connectivity index (χ1n) is 13.7. The van der Waals surface area contributed by atoms with E-state index in [1.165, 1.54) is 21.8 Å². The van der Waals surface area contributed by atoms with E-state index < -0.39 is 11.4 Å². The lowest BCUT2D eigenvalue weighted by Gasteiger charge is -2.32. The van der Waals surface area contributed by atoms with Gasteiger partial charge in [-0.1, -0.05) is 52.5 Å². The van der Waals surface area contributed by atoms with Crippen LogP contribution in [0, 0.1) is 10.8 Å². The number of imidazole rings is 1. The van der Waals surface area contributed by atoms with Gasteiger partial charge < -0.3 is 14.9 Å². The number of aromatic hydroxyl groups is 1. The predicted molar refractivity (Wildman–Crippen MR) is 142 cm³/mol. The van der Waals surface area contributed by atoms with Gasteiger partial charge in [-0.25, -0.2) is 4.79 Å². The van der Waals surface area contributed by atoms with E-state index in [0.29, 0.717) is 38.0 Å². The van der Waals surface area contributed by atoms with Gasteiger partial charge in [0.05, 0.1) is 11.6 Å². The Morgan fingerprint density at radius 3 is 2.00 bits per heavy atom. The van der Waals surface area contributed by atoms with E-state index in [-0.39, 0.29) is 11.6 Å². The minimum Gasteiger partial charge on any atom is -0.493 e. The van der Waals surface area contributed by atoms with Gasteiger partial charge in [-0.05, 0) is 63.7 Å². The Balaban J connectivity index is 2.28. The summed E-state index contributed by atoms with van der Waals surface area (Å²) in [4.78, 5) is 23.7. The number of carboxylic acid groups (broad SMARTS) is 1. The maximum atomic E-state index is 12.2. The van der Waals surface area contributed by atoms with E-state index >= 15 is 0 Å². The van der Waals surface area contributed by atoms with Crippen molar-refractivity contribution in [1.29, 1.82) is 0 Å². The lowest BCUT2D eigenvalue weighted by atomic mass is 9.74. The van der Waals surface area contributed by atoms with Crippen LogP contribution in [0.15, 0.2) is 23.6 Å². The number of nitrogens with zero attached hydrogens (tertiary/aromatic N) is 2. The van der Waals surface area contributed by atoms with E-state index in [4.69, 9.17) is 4.74 Å². The van der Waals surface area contributed by atoms with Crippen LogP contribution in [0.5, 0.6) is 5.88 Å². The zero-order chi connectivity index (χ0) is 26.3. The molecule has 1 heterocycles. The highest BCUT2D eigenvalue weighted by atomic mass is 16.5. The molecule has 7 heteroatoms. The molecular formula is C28H50N2O5. The van der Waals surface area contributed by atoms with Crippen LogP contribution in [0.4, 0.5) is 0 Å². The molecule has 1 rings (SSSR count). The van der Waals surface area contributed by atoms with Gasteiger partial charge in [0.1, 0.15) is 0 Å². The summed E-state index contributed by atoms with van der Waals surface area (Å²) < 4.78 is 8.82. The van der Waals surface area contributed by atoms with Crippen molar-refractivity contribution in [3.8, 4) is 5.88 Å². The number of rotatable bonds is 21. The first-order chi connectivity index (χ1) is 16.7. The highest BCUT2D eigenvalue weighted by Crippen LogP contribution is 2.38. The summed E-state index contributed by atoms with van der Waals surface area (Å²) in [6.07, 6.45) is 14.7. The number of carboxylic acids is 1. The molecule has 1 atom stereocenters. The minimum atomic E-state index is -0.805. The number of unbranched alkanes of at least 4 members (excludes halogenated alkanes) is 3. The van der Waals surface area contributed by atoms with Crippen molar-refractivity contribution in [2.45, 2.75) is 118 Å². The molecule has 0 fully saturated rings. The van der Waals surface area contributed by atoms with Crippen LogP contribution in [0.3, 0.4) is 0 Å². The molecule has 0 amide bonds. The average molecular weight is 495 g/mol. The molecule has 1 aromatic rings. The highest BCUT2D eigenvalue weighted by Gasteiger charge is 2.32. The monoisotopic (exact) mass is 494 g/mol. The Kier molecular flexibility index (Phi) is 14.1. The summed E-state index contributed by atoms with van der Waals surface area (Å²) in [7, 11) is 0. The fourth-order valence-electron chi connectivity index (χ4n) is 5.03. The van der Waals surface area contributed by atoms with Crippen LogP contribution in [0.1, 0.15) is 105 Å². The summed E-state index contributed by atoms with van der Waals surface area (Å²) in [5.41, 5.74) is -0.608. The van der Waals surface area contributed by atoms with Crippen LogP contribution in [-0.2, 0) is 22.6 Å². The third-order valence-corrected chi connectivity index (χ3v) is 8.06. The lowest BCUT2D eigenvalue weighted by Crippen LogP contribution is -2.27. The van der Waals surface area contributed by atoms with Gasteiger partial charge in [0, 0.05) is 26.3 Å². The topological polar surface area (TPSA) is 93.7 Å². The first kappa shape index (κ1) is 31.0. The molecule has 0 radical (unpaired) electrons. The second kappa shape index (κ2) is 15.9. The van der Waals surface area contributed by atoms with Gasteiger partial charge in [0.2, 0.25) is 5.88 Å². The fourth-order valence-corrected chi connectivity index (χ4v) is 5.03. The first-order valence-corrected chi connectivity index (χ1v) is 13.7. The third kappa shape index (κ3) is 9.17. The Labute approximate surface area is 212 Å². The second-order valence-electron chi connectivity index (χ2n) is 9.92. The van der Waals surface area contributed by atoms with E-state index in [0.717, 1.165) is 64.4 Å². The molecule has 0 spiro atoms. The zero-order valence-electron chi connectivity index (χ0n) is 22.7. The van der Waals surface area contributed by atoms with Gasteiger partial charge in [-0.3, -0.25) is 13.9 Å². The summed E-state index contributed by atoms with van der Waals surface area (Å²) in [6, 6.07) is 0. The Hall–Kier alpha value is -2.02. The molecule has 7 nitrogen and oxygen atoms in total. The minimum absolute atomic E-state index is 0.0568. The Morgan fingerprint density at radius 1 is 0.971 bits per heavy atom. The van der Waals surface area contributed by atoms with Crippen molar-refractivity contribution in [1.82, 2.24) is 9.13 Å². The van der Waals surface area contributed by atoms with Gasteiger partial charge in [0.15, 0.2) is 0 Å². The molecule has 0 saturated heterocycles. The average Bonchev–Trinajstić information content (AvgIpc) is 3.14. The summed E-state index contributed by atoms with van der Waals surface area (Å²) in [6.45, 7) is 14.6. The number of aliphatic carboxylic acids is 1. The molecule has 0 aliphatic rings. The van der Waals surface area contributed by atoms with Crippen LogP contribution < -0.4 is 5.69 Å². The molecule has 0 aliphatic heterocycles.